The van der Waals surface area contributed by atoms with Crippen LogP contribution < -0.4 is 14.8 Å². The Hall–Kier alpha value is -4.18. The molecule has 2 heterocycles. The number of non-ortho nitro benzene ring substituents is 1. The summed E-state index contributed by atoms with van der Waals surface area (Å²) in [7, 11) is 1.59. The van der Waals surface area contributed by atoms with E-state index in [1.54, 1.807) is 20.1 Å². The van der Waals surface area contributed by atoms with Gasteiger partial charge < -0.3 is 19.5 Å². The Morgan fingerprint density at radius 2 is 1.91 bits per heavy atom. The quantitative estimate of drug-likeness (QED) is 0.349. The Labute approximate surface area is 194 Å². The van der Waals surface area contributed by atoms with Gasteiger partial charge in [-0.1, -0.05) is 18.2 Å². The van der Waals surface area contributed by atoms with Gasteiger partial charge in [-0.3, -0.25) is 19.8 Å². The molecule has 10 heteroatoms. The van der Waals surface area contributed by atoms with Crippen LogP contribution in [0.1, 0.15) is 23.6 Å². The first-order chi connectivity index (χ1) is 16.3. The Morgan fingerprint density at radius 1 is 1.15 bits per heavy atom. The number of urea groups is 1. The predicted octanol–water partition coefficient (Wildman–Crippen LogP) is 3.59. The van der Waals surface area contributed by atoms with Crippen LogP contribution in [0.2, 0.25) is 0 Å². The molecule has 10 nitrogen and oxygen atoms in total. The zero-order chi connectivity index (χ0) is 24.0. The summed E-state index contributed by atoms with van der Waals surface area (Å²) in [5, 5.41) is 16.0. The number of nitro benzene ring substituents is 1. The first-order valence-electron chi connectivity index (χ1n) is 10.5. The molecule has 2 aliphatic rings. The highest BCUT2D eigenvalue weighted by Gasteiger charge is 2.49. The summed E-state index contributed by atoms with van der Waals surface area (Å²) in [6.45, 7) is 1.60. The number of benzene rings is 3. The van der Waals surface area contributed by atoms with Crippen LogP contribution in [-0.2, 0) is 28.2 Å². The van der Waals surface area contributed by atoms with Gasteiger partial charge in [0.1, 0.15) is 17.0 Å². The maximum Gasteiger partial charge on any atom is 0.325 e. The molecule has 3 amide bonds. The number of ether oxygens (including phenoxy) is 3. The van der Waals surface area contributed by atoms with Crippen molar-refractivity contribution in [2.45, 2.75) is 25.6 Å². The molecule has 5 rings (SSSR count). The van der Waals surface area contributed by atoms with Gasteiger partial charge in [0.25, 0.3) is 11.6 Å². The Bertz CT molecular complexity index is 1360. The summed E-state index contributed by atoms with van der Waals surface area (Å²) < 4.78 is 16.0. The van der Waals surface area contributed by atoms with Crippen LogP contribution in [0, 0.1) is 10.1 Å². The van der Waals surface area contributed by atoms with Crippen LogP contribution >= 0.6 is 0 Å². The number of nitrogens with zero attached hydrogens (tertiary/aromatic N) is 2. The molecule has 1 atom stereocenters. The molecule has 0 aliphatic carbocycles. The number of nitro groups is 1. The topological polar surface area (TPSA) is 120 Å². The van der Waals surface area contributed by atoms with E-state index in [2.05, 4.69) is 5.32 Å². The normalized spacial score (nSPS) is 19.5. The molecule has 0 saturated carbocycles. The fourth-order valence-corrected chi connectivity index (χ4v) is 4.37. The molecular weight excluding hydrogens is 442 g/mol. The predicted molar refractivity (Wildman–Crippen MR) is 120 cm³/mol. The number of fused-ring (bicyclic) bond motifs is 2. The zero-order valence-electron chi connectivity index (χ0n) is 18.5. The summed E-state index contributed by atoms with van der Waals surface area (Å²) in [6.07, 6.45) is 0. The van der Waals surface area contributed by atoms with Gasteiger partial charge in [0.15, 0.2) is 6.79 Å². The van der Waals surface area contributed by atoms with Crippen molar-refractivity contribution < 1.29 is 28.7 Å². The summed E-state index contributed by atoms with van der Waals surface area (Å²) in [6, 6.07) is 13.2. The largest absolute Gasteiger partial charge is 0.497 e. The van der Waals surface area contributed by atoms with E-state index in [0.717, 1.165) is 21.4 Å². The lowest BCUT2D eigenvalue weighted by atomic mass is 9.90. The van der Waals surface area contributed by atoms with E-state index in [9.17, 15) is 19.7 Å². The molecule has 0 spiro atoms. The Morgan fingerprint density at radius 3 is 2.68 bits per heavy atom. The first-order valence-corrected chi connectivity index (χ1v) is 10.5. The van der Waals surface area contributed by atoms with Crippen LogP contribution in [-0.4, -0.2) is 35.7 Å². The fraction of sp³-hybridized carbons (Fsp3) is 0.250. The number of rotatable bonds is 5. The van der Waals surface area contributed by atoms with Crippen LogP contribution in [0.5, 0.6) is 11.5 Å². The summed E-state index contributed by atoms with van der Waals surface area (Å²) in [4.78, 5) is 38.3. The van der Waals surface area contributed by atoms with Crippen LogP contribution in [0.25, 0.3) is 10.8 Å². The Balaban J connectivity index is 1.49. The molecule has 3 aromatic rings. The molecule has 1 saturated heterocycles. The van der Waals surface area contributed by atoms with Crippen molar-refractivity contribution in [3.8, 4) is 11.5 Å². The first kappa shape index (κ1) is 21.7. The number of nitrogens with one attached hydrogen (secondary N) is 1. The monoisotopic (exact) mass is 463 g/mol. The number of amides is 3. The highest BCUT2D eigenvalue weighted by Crippen LogP contribution is 2.37. The highest BCUT2D eigenvalue weighted by atomic mass is 16.7. The third-order valence-corrected chi connectivity index (χ3v) is 6.21. The molecule has 1 fully saturated rings. The second kappa shape index (κ2) is 7.99. The second-order valence-corrected chi connectivity index (χ2v) is 8.34. The van der Waals surface area contributed by atoms with Gasteiger partial charge in [0, 0.05) is 23.3 Å². The standard InChI is InChI=1S/C24H21N3O7/c1-24(18-5-3-15-10-20(32-2)6-4-14(15)7-18)22(28)26(23(29)25-24)11-16-8-19(27(30)31)9-17-12-33-13-34-21(16)17/h3-10H,11-13H2,1-2H3,(H,25,29)/t24-/m1/s1. The van der Waals surface area contributed by atoms with E-state index in [1.165, 1.54) is 12.1 Å². The average Bonchev–Trinajstić information content (AvgIpc) is 3.06. The molecule has 174 valence electrons. The van der Waals surface area contributed by atoms with Crippen molar-refractivity contribution >= 4 is 28.4 Å². The molecule has 0 bridgehead atoms. The van der Waals surface area contributed by atoms with Crippen molar-refractivity contribution in [3.05, 3.63) is 75.3 Å². The number of hydrogen-bond acceptors (Lipinski definition) is 7. The van der Waals surface area contributed by atoms with Gasteiger partial charge in [-0.15, -0.1) is 0 Å². The maximum atomic E-state index is 13.5. The minimum absolute atomic E-state index is 0.0163. The van der Waals surface area contributed by atoms with Crippen molar-refractivity contribution in [3.63, 3.8) is 0 Å². The molecular formula is C24H21N3O7. The molecule has 2 aliphatic heterocycles. The molecule has 3 aromatic carbocycles. The van der Waals surface area contributed by atoms with E-state index in [4.69, 9.17) is 14.2 Å². The lowest BCUT2D eigenvalue weighted by Gasteiger charge is -2.24. The van der Waals surface area contributed by atoms with E-state index in [-0.39, 0.29) is 25.6 Å². The SMILES string of the molecule is COc1ccc2cc([C@@]3(C)NC(=O)N(Cc4cc([N+](=O)[O-])cc5c4OCOC5)C3=O)ccc2c1. The van der Waals surface area contributed by atoms with Crippen LogP contribution in [0.15, 0.2) is 48.5 Å². The van der Waals surface area contributed by atoms with E-state index < -0.39 is 22.4 Å². The number of hydrogen-bond donors (Lipinski definition) is 1. The molecule has 0 unspecified atom stereocenters. The van der Waals surface area contributed by atoms with Gasteiger partial charge in [0.05, 0.1) is 25.2 Å². The summed E-state index contributed by atoms with van der Waals surface area (Å²) in [5.41, 5.74) is 0.0242. The van der Waals surface area contributed by atoms with Crippen LogP contribution in [0.3, 0.4) is 0 Å². The molecule has 1 N–H and O–H groups in total. The van der Waals surface area contributed by atoms with E-state index >= 15 is 0 Å². The second-order valence-electron chi connectivity index (χ2n) is 8.34. The van der Waals surface area contributed by atoms with Gasteiger partial charge in [0.2, 0.25) is 0 Å². The number of methoxy groups -OCH3 is 1. The van der Waals surface area contributed by atoms with Gasteiger partial charge >= 0.3 is 6.03 Å². The van der Waals surface area contributed by atoms with Crippen molar-refractivity contribution in [2.75, 3.05) is 13.9 Å². The number of imide groups is 1. The summed E-state index contributed by atoms with van der Waals surface area (Å²) >= 11 is 0. The van der Waals surface area contributed by atoms with Crippen molar-refractivity contribution in [2.24, 2.45) is 0 Å². The smallest absolute Gasteiger partial charge is 0.325 e. The van der Waals surface area contributed by atoms with Gasteiger partial charge in [-0.25, -0.2) is 4.79 Å². The van der Waals surface area contributed by atoms with Gasteiger partial charge in [-0.2, -0.15) is 0 Å². The summed E-state index contributed by atoms with van der Waals surface area (Å²) in [5.74, 6) is 0.652. The number of carbonyl (C=O) groups is 2. The molecule has 0 aromatic heterocycles. The lowest BCUT2D eigenvalue weighted by Crippen LogP contribution is -2.40. The Kier molecular flexibility index (Phi) is 5.09. The molecule has 34 heavy (non-hydrogen) atoms. The third kappa shape index (κ3) is 3.48. The highest BCUT2D eigenvalue weighted by molar-refractivity contribution is 6.07. The average molecular weight is 463 g/mol. The lowest BCUT2D eigenvalue weighted by molar-refractivity contribution is -0.385. The van der Waals surface area contributed by atoms with Crippen LogP contribution in [0.4, 0.5) is 10.5 Å². The number of carbonyl (C=O) groups excluding carboxylic acids is 2. The molecule has 0 radical (unpaired) electrons. The van der Waals surface area contributed by atoms with Crippen molar-refractivity contribution in [1.29, 1.82) is 0 Å². The van der Waals surface area contributed by atoms with E-state index in [1.807, 2.05) is 30.3 Å². The van der Waals surface area contributed by atoms with Gasteiger partial charge in [-0.05, 0) is 41.5 Å². The minimum Gasteiger partial charge on any atom is -0.497 e. The maximum absolute atomic E-state index is 13.5. The van der Waals surface area contributed by atoms with Crippen molar-refractivity contribution in [1.82, 2.24) is 10.2 Å². The zero-order valence-corrected chi connectivity index (χ0v) is 18.5. The van der Waals surface area contributed by atoms with E-state index in [0.29, 0.717) is 22.4 Å². The third-order valence-electron chi connectivity index (χ3n) is 6.21. The fourth-order valence-electron chi connectivity index (χ4n) is 4.37. The minimum atomic E-state index is -1.30.